The first-order chi connectivity index (χ1) is 6.02. The van der Waals surface area contributed by atoms with Gasteiger partial charge in [0.1, 0.15) is 0 Å². The van der Waals surface area contributed by atoms with E-state index in [-0.39, 0.29) is 15.6 Å². The molecule has 5 N–H and O–H groups in total. The van der Waals surface area contributed by atoms with Crippen LogP contribution in [0.25, 0.3) is 0 Å². The van der Waals surface area contributed by atoms with E-state index in [9.17, 15) is 4.79 Å². The molecule has 0 unspecified atom stereocenters. The molecule has 1 aromatic carbocycles. The molecule has 0 fully saturated rings. The summed E-state index contributed by atoms with van der Waals surface area (Å²) >= 11 is -3.15. The normalized spacial score (nSPS) is 10.4. The van der Waals surface area contributed by atoms with E-state index in [1.165, 1.54) is 18.2 Å². The molecule has 0 aliphatic carbocycles. The quantitative estimate of drug-likeness (QED) is 0.381. The zero-order valence-corrected chi connectivity index (χ0v) is 8.38. The van der Waals surface area contributed by atoms with Crippen LogP contribution < -0.4 is 10.1 Å². The molecule has 1 rings (SSSR count). The number of rotatable bonds is 2. The minimum atomic E-state index is -3.15. The van der Waals surface area contributed by atoms with Crippen molar-refractivity contribution in [2.45, 2.75) is 0 Å². The van der Waals surface area contributed by atoms with Crippen LogP contribution in [0.2, 0.25) is 0 Å². The van der Waals surface area contributed by atoms with E-state index >= 15 is 0 Å². The van der Waals surface area contributed by atoms with Gasteiger partial charge in [-0.3, -0.25) is 0 Å². The van der Waals surface area contributed by atoms with Crippen molar-refractivity contribution in [2.75, 3.05) is 5.73 Å². The number of nitrogens with two attached hydrogens (primary N) is 1. The molecule has 0 heterocycles. The molecule has 0 bridgehead atoms. The third kappa shape index (κ3) is 2.21. The van der Waals surface area contributed by atoms with Crippen molar-refractivity contribution in [2.24, 2.45) is 0 Å². The fraction of sp³-hybridized carbons (Fsp3) is 0. The molecule has 70 valence electrons. The van der Waals surface area contributed by atoms with E-state index in [0.29, 0.717) is 0 Å². The van der Waals surface area contributed by atoms with Gasteiger partial charge in [0.05, 0.1) is 0 Å². The van der Waals surface area contributed by atoms with Gasteiger partial charge in [-0.1, -0.05) is 0 Å². The Labute approximate surface area is 79.4 Å². The zero-order chi connectivity index (χ0) is 10.0. The summed E-state index contributed by atoms with van der Waals surface area (Å²) in [6.45, 7) is 0. The Morgan fingerprint density at radius 1 is 1.38 bits per heavy atom. The van der Waals surface area contributed by atoms with Crippen molar-refractivity contribution < 1.29 is 18.1 Å². The van der Waals surface area contributed by atoms with Crippen LogP contribution >= 0.6 is 0 Å². The SMILES string of the molecule is Nc1ccc([As](O)O)c(C(=O)O)c1. The summed E-state index contributed by atoms with van der Waals surface area (Å²) < 4.78 is 18.0. The summed E-state index contributed by atoms with van der Waals surface area (Å²) in [4.78, 5) is 10.6. The van der Waals surface area contributed by atoms with Crippen LogP contribution in [0.1, 0.15) is 10.4 Å². The minimum absolute atomic E-state index is 0.0780. The molecule has 6 heteroatoms. The summed E-state index contributed by atoms with van der Waals surface area (Å²) in [7, 11) is 0. The van der Waals surface area contributed by atoms with Crippen molar-refractivity contribution in [3.8, 4) is 0 Å². The predicted octanol–water partition coefficient (Wildman–Crippen LogP) is -1.35. The van der Waals surface area contributed by atoms with Crippen LogP contribution in [0.5, 0.6) is 0 Å². The van der Waals surface area contributed by atoms with E-state index in [4.69, 9.17) is 19.0 Å². The summed E-state index contributed by atoms with van der Waals surface area (Å²) in [5.41, 5.74) is 5.51. The van der Waals surface area contributed by atoms with E-state index in [2.05, 4.69) is 0 Å². The van der Waals surface area contributed by atoms with Crippen LogP contribution in [0.15, 0.2) is 18.2 Å². The molecule has 0 aliphatic rings. The molecule has 0 radical (unpaired) electrons. The number of hydrogen-bond donors (Lipinski definition) is 4. The number of carbonyl (C=O) groups is 1. The van der Waals surface area contributed by atoms with Crippen molar-refractivity contribution in [3.05, 3.63) is 23.8 Å². The van der Waals surface area contributed by atoms with Crippen molar-refractivity contribution >= 4 is 31.3 Å². The molecular weight excluding hydrogens is 237 g/mol. The zero-order valence-electron chi connectivity index (χ0n) is 6.51. The fourth-order valence-electron chi connectivity index (χ4n) is 0.899. The van der Waals surface area contributed by atoms with Gasteiger partial charge in [0.2, 0.25) is 0 Å². The molecule has 0 aromatic heterocycles. The fourth-order valence-corrected chi connectivity index (χ4v) is 2.12. The predicted molar refractivity (Wildman–Crippen MR) is 47.6 cm³/mol. The average Bonchev–Trinajstić information content (AvgIpc) is 2.03. The molecule has 0 spiro atoms. The maximum atomic E-state index is 10.6. The number of hydrogen-bond acceptors (Lipinski definition) is 4. The van der Waals surface area contributed by atoms with Gasteiger partial charge in [0, 0.05) is 0 Å². The number of benzene rings is 1. The van der Waals surface area contributed by atoms with Crippen LogP contribution in [0.3, 0.4) is 0 Å². The summed E-state index contributed by atoms with van der Waals surface area (Å²) in [6, 6.07) is 3.99. The second-order valence-electron chi connectivity index (χ2n) is 2.37. The van der Waals surface area contributed by atoms with Crippen molar-refractivity contribution in [1.82, 2.24) is 0 Å². The first-order valence-electron chi connectivity index (χ1n) is 3.33. The Bertz CT molecular complexity index is 339. The first-order valence-corrected chi connectivity index (χ1v) is 5.94. The van der Waals surface area contributed by atoms with Gasteiger partial charge in [-0.2, -0.15) is 0 Å². The van der Waals surface area contributed by atoms with E-state index in [1.54, 1.807) is 0 Å². The Balaban J connectivity index is 3.27. The second kappa shape index (κ2) is 3.79. The standard InChI is InChI=1S/C7H8AsNO4/c9-4-1-2-6(8(12)13)5(3-4)7(10)11/h1-3,12-13H,9H2,(H,10,11). The third-order valence-electron chi connectivity index (χ3n) is 1.47. The van der Waals surface area contributed by atoms with E-state index < -0.39 is 21.3 Å². The summed E-state index contributed by atoms with van der Waals surface area (Å²) in [5, 5.41) is 8.68. The van der Waals surface area contributed by atoms with Gasteiger partial charge in [0.25, 0.3) is 0 Å². The van der Waals surface area contributed by atoms with Gasteiger partial charge in [-0.05, 0) is 0 Å². The molecule has 0 saturated heterocycles. The van der Waals surface area contributed by atoms with Crippen LogP contribution in [-0.4, -0.2) is 34.6 Å². The van der Waals surface area contributed by atoms with Crippen LogP contribution in [-0.2, 0) is 0 Å². The molecule has 0 saturated carbocycles. The Kier molecular flexibility index (Phi) is 2.93. The number of aromatic carboxylic acids is 1. The van der Waals surface area contributed by atoms with Gasteiger partial charge in [-0.15, -0.1) is 0 Å². The van der Waals surface area contributed by atoms with Gasteiger partial charge < -0.3 is 0 Å². The van der Waals surface area contributed by atoms with Crippen LogP contribution in [0.4, 0.5) is 5.69 Å². The number of nitrogen functional groups attached to an aromatic ring is 1. The Morgan fingerprint density at radius 2 is 2.00 bits per heavy atom. The molecule has 0 aliphatic heterocycles. The number of carboxylic acids is 1. The maximum absolute atomic E-state index is 10.6. The number of carboxylic acid groups (broad SMARTS) is 1. The molecule has 0 atom stereocenters. The number of anilines is 1. The average molecular weight is 245 g/mol. The van der Waals surface area contributed by atoms with Crippen molar-refractivity contribution in [1.29, 1.82) is 0 Å². The topological polar surface area (TPSA) is 104 Å². The summed E-state index contributed by atoms with van der Waals surface area (Å²) in [5.74, 6) is -1.20. The third-order valence-corrected chi connectivity index (χ3v) is 3.19. The second-order valence-corrected chi connectivity index (χ2v) is 4.60. The Morgan fingerprint density at radius 3 is 2.46 bits per heavy atom. The molecule has 13 heavy (non-hydrogen) atoms. The Hall–Kier alpha value is -1.03. The molecule has 1 aromatic rings. The van der Waals surface area contributed by atoms with Gasteiger partial charge >= 0.3 is 78.9 Å². The van der Waals surface area contributed by atoms with Crippen molar-refractivity contribution in [3.63, 3.8) is 0 Å². The van der Waals surface area contributed by atoms with Gasteiger partial charge in [-0.25, -0.2) is 0 Å². The van der Waals surface area contributed by atoms with E-state index in [1.807, 2.05) is 0 Å². The first kappa shape index (κ1) is 10.1. The van der Waals surface area contributed by atoms with Crippen LogP contribution in [0, 0.1) is 0 Å². The monoisotopic (exact) mass is 245 g/mol. The van der Waals surface area contributed by atoms with E-state index in [0.717, 1.165) is 0 Å². The molecular formula is C7H8AsNO4. The summed E-state index contributed by atoms with van der Waals surface area (Å²) in [6.07, 6.45) is 0. The van der Waals surface area contributed by atoms with Gasteiger partial charge in [0.15, 0.2) is 0 Å². The molecule has 0 amide bonds. The molecule has 5 nitrogen and oxygen atoms in total.